The van der Waals surface area contributed by atoms with Gasteiger partial charge in [0.1, 0.15) is 5.82 Å². The number of aryl methyl sites for hydroxylation is 2. The third-order valence-electron chi connectivity index (χ3n) is 5.92. The van der Waals surface area contributed by atoms with Gasteiger partial charge in [-0.1, -0.05) is 18.2 Å². The molecule has 0 bridgehead atoms. The lowest BCUT2D eigenvalue weighted by Gasteiger charge is -2.21. The number of imidazole rings is 1. The summed E-state index contributed by atoms with van der Waals surface area (Å²) in [5, 5.41) is 13.1. The van der Waals surface area contributed by atoms with Gasteiger partial charge in [0.05, 0.1) is 28.3 Å². The second-order valence-electron chi connectivity index (χ2n) is 9.29. The van der Waals surface area contributed by atoms with Gasteiger partial charge in [-0.15, -0.1) is 5.10 Å². The van der Waals surface area contributed by atoms with Gasteiger partial charge in [-0.3, -0.25) is 9.13 Å². The number of alkyl halides is 2. The van der Waals surface area contributed by atoms with Crippen molar-refractivity contribution in [3.05, 3.63) is 63.5 Å². The minimum absolute atomic E-state index is 0.107. The number of hydrogen-bond acceptors (Lipinski definition) is 4. The van der Waals surface area contributed by atoms with E-state index in [1.54, 1.807) is 23.1 Å². The third kappa shape index (κ3) is 3.75. The Kier molecular flexibility index (Phi) is 5.46. The lowest BCUT2D eigenvalue weighted by molar-refractivity contribution is 0.146. The second kappa shape index (κ2) is 7.90. The molecule has 174 valence electrons. The maximum absolute atomic E-state index is 14.7. The molecule has 9 heteroatoms. The molecule has 0 saturated heterocycles. The Hall–Kier alpha value is -3.36. The van der Waals surface area contributed by atoms with Crippen LogP contribution in [0.5, 0.6) is 0 Å². The van der Waals surface area contributed by atoms with Gasteiger partial charge in [-0.2, -0.15) is 5.10 Å². The largest absolute Gasteiger partial charge is 0.361 e. The molecular weight excluding hydrogens is 431 g/mol. The summed E-state index contributed by atoms with van der Waals surface area (Å²) in [6.07, 6.45) is -2.90. The van der Waals surface area contributed by atoms with E-state index in [1.165, 1.54) is 12.1 Å². The first-order valence-electron chi connectivity index (χ1n) is 10.6. The molecule has 0 amide bonds. The lowest BCUT2D eigenvalue weighted by Crippen LogP contribution is -2.34. The fourth-order valence-electron chi connectivity index (χ4n) is 4.22. The zero-order valence-corrected chi connectivity index (χ0v) is 19.4. The first-order chi connectivity index (χ1) is 15.4. The molecule has 6 nitrogen and oxygen atoms in total. The Bertz CT molecular complexity index is 1430. The van der Waals surface area contributed by atoms with Crippen LogP contribution in [0.3, 0.4) is 0 Å². The molecule has 0 fully saturated rings. The zero-order valence-electron chi connectivity index (χ0n) is 19.4. The van der Waals surface area contributed by atoms with Crippen LogP contribution in [0.1, 0.15) is 57.0 Å². The van der Waals surface area contributed by atoms with Crippen LogP contribution in [0, 0.1) is 12.7 Å². The number of aromatic nitrogens is 4. The highest BCUT2D eigenvalue weighted by Gasteiger charge is 2.24. The van der Waals surface area contributed by atoms with Gasteiger partial charge in [0.15, 0.2) is 5.82 Å². The Labute approximate surface area is 189 Å². The molecule has 2 aromatic heterocycles. The van der Waals surface area contributed by atoms with Crippen LogP contribution < -0.4 is 11.0 Å². The molecule has 0 radical (unpaired) electrons. The van der Waals surface area contributed by atoms with Crippen LogP contribution in [0.4, 0.5) is 19.0 Å². The van der Waals surface area contributed by atoms with Crippen LogP contribution in [0.15, 0.2) is 35.1 Å². The fraction of sp³-hybridized carbons (Fsp3) is 0.375. The molecule has 0 spiro atoms. The molecule has 4 rings (SSSR count). The van der Waals surface area contributed by atoms with Gasteiger partial charge >= 0.3 is 5.69 Å². The standard InChI is InChI=1S/C24H26F3N5O/c1-12(14-8-7-9-15(20(14)25)21(26)27)28-22-17-11-19-18(10-16(17)13(2)29-30-22)31(6)23(33)32(19)24(3,4)5/h7-12,21H,1-6H3,(H,28,30)/t12-/m1/s1. The Morgan fingerprint density at radius 3 is 2.30 bits per heavy atom. The van der Waals surface area contributed by atoms with Gasteiger partial charge < -0.3 is 5.32 Å². The molecule has 0 unspecified atom stereocenters. The molecule has 1 atom stereocenters. The van der Waals surface area contributed by atoms with E-state index >= 15 is 0 Å². The van der Waals surface area contributed by atoms with E-state index in [2.05, 4.69) is 15.5 Å². The highest BCUT2D eigenvalue weighted by molar-refractivity contribution is 6.01. The summed E-state index contributed by atoms with van der Waals surface area (Å²) in [6.45, 7) is 9.35. The van der Waals surface area contributed by atoms with Crippen molar-refractivity contribution < 1.29 is 13.2 Å². The summed E-state index contributed by atoms with van der Waals surface area (Å²) >= 11 is 0. The topological polar surface area (TPSA) is 64.7 Å². The van der Waals surface area contributed by atoms with E-state index in [0.717, 1.165) is 22.5 Å². The van der Waals surface area contributed by atoms with Crippen molar-refractivity contribution in [2.24, 2.45) is 7.05 Å². The van der Waals surface area contributed by atoms with Crippen LogP contribution in [0.2, 0.25) is 0 Å². The Balaban J connectivity index is 1.90. The number of nitrogens with one attached hydrogen (secondary N) is 1. The molecule has 1 N–H and O–H groups in total. The summed E-state index contributed by atoms with van der Waals surface area (Å²) in [4.78, 5) is 12.9. The SMILES string of the molecule is Cc1nnc(N[C@H](C)c2cccc(C(F)F)c2F)c2cc3c(cc12)n(C)c(=O)n3C(C)(C)C. The molecule has 0 aliphatic rings. The highest BCUT2D eigenvalue weighted by atomic mass is 19.3. The first-order valence-corrected chi connectivity index (χ1v) is 10.6. The van der Waals surface area contributed by atoms with Gasteiger partial charge in [0, 0.05) is 28.9 Å². The van der Waals surface area contributed by atoms with Gasteiger partial charge in [0.25, 0.3) is 6.43 Å². The average Bonchev–Trinajstić information content (AvgIpc) is 2.98. The summed E-state index contributed by atoms with van der Waals surface area (Å²) in [5.74, 6) is -0.562. The van der Waals surface area contributed by atoms with E-state index < -0.39 is 29.4 Å². The predicted molar refractivity (Wildman–Crippen MR) is 123 cm³/mol. The summed E-state index contributed by atoms with van der Waals surface area (Å²) < 4.78 is 44.3. The number of fused-ring (bicyclic) bond motifs is 2. The number of rotatable bonds is 4. The van der Waals surface area contributed by atoms with Crippen molar-refractivity contribution in [3.63, 3.8) is 0 Å². The lowest BCUT2D eigenvalue weighted by atomic mass is 10.0. The number of anilines is 1. The molecule has 0 saturated carbocycles. The normalized spacial score (nSPS) is 13.3. The van der Waals surface area contributed by atoms with Crippen LogP contribution in [0.25, 0.3) is 21.8 Å². The maximum atomic E-state index is 14.7. The fourth-order valence-corrected chi connectivity index (χ4v) is 4.22. The molecule has 33 heavy (non-hydrogen) atoms. The molecule has 2 aromatic carbocycles. The van der Waals surface area contributed by atoms with Crippen LogP contribution in [-0.4, -0.2) is 19.3 Å². The van der Waals surface area contributed by atoms with Crippen LogP contribution >= 0.6 is 0 Å². The first kappa shape index (κ1) is 22.8. The monoisotopic (exact) mass is 457 g/mol. The van der Waals surface area contributed by atoms with Crippen molar-refractivity contribution in [3.8, 4) is 0 Å². The predicted octanol–water partition coefficient (Wildman–Crippen LogP) is 5.60. The van der Waals surface area contributed by atoms with Crippen molar-refractivity contribution >= 4 is 27.6 Å². The summed E-state index contributed by atoms with van der Waals surface area (Å²) in [6, 6.07) is 7.07. The van der Waals surface area contributed by atoms with E-state index in [0.29, 0.717) is 16.9 Å². The maximum Gasteiger partial charge on any atom is 0.329 e. The molecule has 0 aliphatic heterocycles. The molecule has 4 aromatic rings. The van der Waals surface area contributed by atoms with E-state index in [-0.39, 0.29) is 11.3 Å². The number of halogens is 3. The highest BCUT2D eigenvalue weighted by Crippen LogP contribution is 2.33. The Morgan fingerprint density at radius 1 is 1.03 bits per heavy atom. The number of benzene rings is 2. The second-order valence-corrected chi connectivity index (χ2v) is 9.29. The number of hydrogen-bond donors (Lipinski definition) is 1. The smallest absolute Gasteiger partial charge is 0.329 e. The van der Waals surface area contributed by atoms with Gasteiger partial charge in [-0.25, -0.2) is 18.0 Å². The van der Waals surface area contributed by atoms with E-state index in [4.69, 9.17) is 0 Å². The zero-order chi connectivity index (χ0) is 24.2. The number of nitrogens with zero attached hydrogens (tertiary/aromatic N) is 4. The van der Waals surface area contributed by atoms with Crippen LogP contribution in [-0.2, 0) is 12.6 Å². The minimum atomic E-state index is -2.90. The molecule has 0 aliphatic carbocycles. The quantitative estimate of drug-likeness (QED) is 0.434. The molecule has 2 heterocycles. The van der Waals surface area contributed by atoms with Gasteiger partial charge in [-0.05, 0) is 46.8 Å². The van der Waals surface area contributed by atoms with E-state index in [1.807, 2.05) is 39.8 Å². The van der Waals surface area contributed by atoms with Crippen molar-refractivity contribution in [1.82, 2.24) is 19.3 Å². The average molecular weight is 458 g/mol. The molecular formula is C24H26F3N5O. The van der Waals surface area contributed by atoms with Crippen molar-refractivity contribution in [2.75, 3.05) is 5.32 Å². The third-order valence-corrected chi connectivity index (χ3v) is 5.92. The van der Waals surface area contributed by atoms with Crippen molar-refractivity contribution in [2.45, 2.75) is 52.6 Å². The van der Waals surface area contributed by atoms with Gasteiger partial charge in [0.2, 0.25) is 0 Å². The summed E-state index contributed by atoms with van der Waals surface area (Å²) in [5.41, 5.74) is 1.04. The Morgan fingerprint density at radius 2 is 1.67 bits per heavy atom. The van der Waals surface area contributed by atoms with E-state index in [9.17, 15) is 18.0 Å². The van der Waals surface area contributed by atoms with Crippen molar-refractivity contribution in [1.29, 1.82) is 0 Å². The minimum Gasteiger partial charge on any atom is -0.361 e. The summed E-state index contributed by atoms with van der Waals surface area (Å²) in [7, 11) is 1.72.